The number of hydrogen-bond acceptors (Lipinski definition) is 3. The van der Waals surface area contributed by atoms with Crippen LogP contribution in [0.4, 0.5) is 10.2 Å². The minimum absolute atomic E-state index is 0.0460. The maximum atomic E-state index is 13.3. The van der Waals surface area contributed by atoms with Gasteiger partial charge in [0, 0.05) is 34.4 Å². The molecule has 122 valence electrons. The highest BCUT2D eigenvalue weighted by atomic mass is 19.1. The normalized spacial score (nSPS) is 17.3. The molecule has 0 saturated carbocycles. The van der Waals surface area contributed by atoms with Gasteiger partial charge in [-0.25, -0.2) is 9.37 Å². The summed E-state index contributed by atoms with van der Waals surface area (Å²) in [7, 11) is 0. The summed E-state index contributed by atoms with van der Waals surface area (Å²) in [5.74, 6) is 0.214. The van der Waals surface area contributed by atoms with Gasteiger partial charge in [-0.05, 0) is 49.7 Å². The number of halogens is 1. The second-order valence-corrected chi connectivity index (χ2v) is 5.96. The second-order valence-electron chi connectivity index (χ2n) is 5.96. The van der Waals surface area contributed by atoms with Gasteiger partial charge in [-0.15, -0.1) is 0 Å². The topological polar surface area (TPSA) is 69.8 Å². The van der Waals surface area contributed by atoms with Crippen LogP contribution in [0.5, 0.6) is 0 Å². The summed E-state index contributed by atoms with van der Waals surface area (Å²) in [5, 5.41) is 6.93. The number of amides is 1. The van der Waals surface area contributed by atoms with Crippen LogP contribution in [0.25, 0.3) is 22.0 Å². The highest BCUT2D eigenvalue weighted by molar-refractivity contribution is 5.96. The zero-order chi connectivity index (χ0) is 16.5. The number of nitrogens with zero attached hydrogens (tertiary/aromatic N) is 1. The van der Waals surface area contributed by atoms with Crippen LogP contribution in [-0.2, 0) is 4.79 Å². The minimum atomic E-state index is -0.271. The van der Waals surface area contributed by atoms with E-state index in [0.717, 1.165) is 41.4 Å². The monoisotopic (exact) mass is 324 g/mol. The molecule has 1 aromatic carbocycles. The summed E-state index contributed by atoms with van der Waals surface area (Å²) in [5.41, 5.74) is 2.60. The number of anilines is 1. The van der Waals surface area contributed by atoms with E-state index in [-0.39, 0.29) is 17.8 Å². The maximum absolute atomic E-state index is 13.3. The van der Waals surface area contributed by atoms with E-state index in [2.05, 4.69) is 20.6 Å². The number of carbonyl (C=O) groups excluding carboxylic acids is 1. The first kappa shape index (κ1) is 14.8. The number of fused-ring (bicyclic) bond motifs is 1. The molecular weight excluding hydrogens is 307 g/mol. The van der Waals surface area contributed by atoms with Crippen LogP contribution in [0.1, 0.15) is 12.8 Å². The van der Waals surface area contributed by atoms with Crippen molar-refractivity contribution < 1.29 is 9.18 Å². The number of nitrogens with one attached hydrogen (secondary N) is 3. The second kappa shape index (κ2) is 6.05. The smallest absolute Gasteiger partial charge is 0.242 e. The van der Waals surface area contributed by atoms with Gasteiger partial charge in [-0.2, -0.15) is 0 Å². The number of hydrogen-bond donors (Lipinski definition) is 3. The van der Waals surface area contributed by atoms with Crippen molar-refractivity contribution >= 4 is 22.6 Å². The molecule has 5 nitrogen and oxygen atoms in total. The molecule has 1 aliphatic heterocycles. The molecule has 1 fully saturated rings. The molecular formula is C18H17FN4O. The SMILES string of the molecule is O=C(Nc1ccc(-c2c[nH]c3cc(F)ccc23)cn1)[C@@H]1CCCN1. The number of aromatic amines is 1. The Hall–Kier alpha value is -2.73. The Bertz CT molecular complexity index is 882. The summed E-state index contributed by atoms with van der Waals surface area (Å²) in [6.45, 7) is 0.881. The fraction of sp³-hybridized carbons (Fsp3) is 0.222. The molecule has 6 heteroatoms. The van der Waals surface area contributed by atoms with Crippen molar-refractivity contribution in [2.24, 2.45) is 0 Å². The number of pyridine rings is 1. The first-order valence-electron chi connectivity index (χ1n) is 7.98. The molecule has 3 aromatic rings. The largest absolute Gasteiger partial charge is 0.360 e. The number of benzene rings is 1. The van der Waals surface area contributed by atoms with Gasteiger partial charge in [0.1, 0.15) is 11.6 Å². The molecule has 2 aromatic heterocycles. The van der Waals surface area contributed by atoms with Crippen molar-refractivity contribution in [2.75, 3.05) is 11.9 Å². The zero-order valence-electron chi connectivity index (χ0n) is 13.0. The third kappa shape index (κ3) is 2.76. The van der Waals surface area contributed by atoms with E-state index in [1.54, 1.807) is 18.3 Å². The van der Waals surface area contributed by atoms with Gasteiger partial charge < -0.3 is 15.6 Å². The van der Waals surface area contributed by atoms with Crippen molar-refractivity contribution in [3.05, 3.63) is 48.5 Å². The quantitative estimate of drug-likeness (QED) is 0.693. The molecule has 1 atom stereocenters. The van der Waals surface area contributed by atoms with Gasteiger partial charge in [0.2, 0.25) is 5.91 Å². The molecule has 1 saturated heterocycles. The standard InChI is InChI=1S/C18H17FN4O/c19-12-4-5-13-14(10-21-16(13)8-12)11-3-6-17(22-9-11)23-18(24)15-2-1-7-20-15/h3-6,8-10,15,20-21H,1-2,7H2,(H,22,23,24)/t15-/m0/s1. The summed E-state index contributed by atoms with van der Waals surface area (Å²) < 4.78 is 13.3. The average Bonchev–Trinajstić information content (AvgIpc) is 3.25. The molecule has 0 aliphatic carbocycles. The first-order valence-corrected chi connectivity index (χ1v) is 7.98. The number of carbonyl (C=O) groups is 1. The predicted octanol–water partition coefficient (Wildman–Crippen LogP) is 3.06. The lowest BCUT2D eigenvalue weighted by Crippen LogP contribution is -2.35. The Labute approximate surface area is 138 Å². The van der Waals surface area contributed by atoms with E-state index in [1.165, 1.54) is 12.1 Å². The van der Waals surface area contributed by atoms with Gasteiger partial charge >= 0.3 is 0 Å². The van der Waals surface area contributed by atoms with Crippen molar-refractivity contribution in [1.82, 2.24) is 15.3 Å². The summed E-state index contributed by atoms with van der Waals surface area (Å²) in [4.78, 5) is 19.5. The van der Waals surface area contributed by atoms with Crippen LogP contribution in [0.15, 0.2) is 42.7 Å². The van der Waals surface area contributed by atoms with Crippen LogP contribution >= 0.6 is 0 Å². The van der Waals surface area contributed by atoms with E-state index >= 15 is 0 Å². The van der Waals surface area contributed by atoms with Gasteiger partial charge in [0.05, 0.1) is 6.04 Å². The van der Waals surface area contributed by atoms with Gasteiger partial charge in [-0.3, -0.25) is 4.79 Å². The molecule has 0 unspecified atom stereocenters. The van der Waals surface area contributed by atoms with Gasteiger partial charge in [0.25, 0.3) is 0 Å². The Balaban J connectivity index is 1.55. The summed E-state index contributed by atoms with van der Waals surface area (Å²) in [6.07, 6.45) is 5.42. The van der Waals surface area contributed by atoms with Gasteiger partial charge in [0.15, 0.2) is 0 Å². The van der Waals surface area contributed by atoms with Crippen LogP contribution in [0.3, 0.4) is 0 Å². The van der Waals surface area contributed by atoms with E-state index in [4.69, 9.17) is 0 Å². The fourth-order valence-corrected chi connectivity index (χ4v) is 3.09. The number of H-pyrrole nitrogens is 1. The molecule has 0 spiro atoms. The van der Waals surface area contributed by atoms with E-state index in [1.807, 2.05) is 12.3 Å². The number of rotatable bonds is 3. The van der Waals surface area contributed by atoms with Gasteiger partial charge in [-0.1, -0.05) is 0 Å². The number of aromatic nitrogens is 2. The van der Waals surface area contributed by atoms with Crippen molar-refractivity contribution in [3.8, 4) is 11.1 Å². The Kier molecular flexibility index (Phi) is 3.74. The van der Waals surface area contributed by atoms with Crippen molar-refractivity contribution in [1.29, 1.82) is 0 Å². The fourth-order valence-electron chi connectivity index (χ4n) is 3.09. The predicted molar refractivity (Wildman–Crippen MR) is 91.1 cm³/mol. The third-order valence-corrected chi connectivity index (χ3v) is 4.35. The minimum Gasteiger partial charge on any atom is -0.360 e. The summed E-state index contributed by atoms with van der Waals surface area (Å²) >= 11 is 0. The molecule has 1 amide bonds. The lowest BCUT2D eigenvalue weighted by Gasteiger charge is -2.10. The molecule has 3 N–H and O–H groups in total. The lowest BCUT2D eigenvalue weighted by molar-refractivity contribution is -0.117. The highest BCUT2D eigenvalue weighted by Crippen LogP contribution is 2.29. The zero-order valence-corrected chi connectivity index (χ0v) is 13.0. The molecule has 1 aliphatic rings. The lowest BCUT2D eigenvalue weighted by atomic mass is 10.1. The molecule has 4 rings (SSSR count). The molecule has 0 radical (unpaired) electrons. The van der Waals surface area contributed by atoms with Crippen LogP contribution < -0.4 is 10.6 Å². The Morgan fingerprint density at radius 2 is 2.21 bits per heavy atom. The van der Waals surface area contributed by atoms with Crippen molar-refractivity contribution in [3.63, 3.8) is 0 Å². The van der Waals surface area contributed by atoms with Crippen LogP contribution in [0, 0.1) is 5.82 Å². The van der Waals surface area contributed by atoms with E-state index in [0.29, 0.717) is 5.82 Å². The Morgan fingerprint density at radius 1 is 1.29 bits per heavy atom. The van der Waals surface area contributed by atoms with Crippen molar-refractivity contribution in [2.45, 2.75) is 18.9 Å². The van der Waals surface area contributed by atoms with E-state index < -0.39 is 0 Å². The summed E-state index contributed by atoms with van der Waals surface area (Å²) in [6, 6.07) is 8.21. The first-order chi connectivity index (χ1) is 11.7. The van der Waals surface area contributed by atoms with Crippen LogP contribution in [0.2, 0.25) is 0 Å². The third-order valence-electron chi connectivity index (χ3n) is 4.35. The maximum Gasteiger partial charge on any atom is 0.242 e. The van der Waals surface area contributed by atoms with Crippen LogP contribution in [-0.4, -0.2) is 28.5 Å². The average molecular weight is 324 g/mol. The molecule has 3 heterocycles. The highest BCUT2D eigenvalue weighted by Gasteiger charge is 2.22. The van der Waals surface area contributed by atoms with E-state index in [9.17, 15) is 9.18 Å². The molecule has 0 bridgehead atoms. The molecule has 24 heavy (non-hydrogen) atoms. The Morgan fingerprint density at radius 3 is 2.96 bits per heavy atom.